The first-order chi connectivity index (χ1) is 22.8. The molecule has 0 unspecified atom stereocenters. The lowest BCUT2D eigenvalue weighted by molar-refractivity contribution is 0.108. The topological polar surface area (TPSA) is 92.4 Å². The number of rotatable bonds is 6. The lowest BCUT2D eigenvalue weighted by Crippen LogP contribution is -2.61. The Bertz CT molecular complexity index is 2040. The van der Waals surface area contributed by atoms with Gasteiger partial charge in [-0.1, -0.05) is 24.1 Å². The normalized spacial score (nSPS) is 27.1. The molecule has 3 N–H and O–H groups in total. The molecule has 0 spiro atoms. The first kappa shape index (κ1) is 28.9. The Hall–Kier alpha value is -4.33. The average Bonchev–Trinajstić information content (AvgIpc) is 3.70. The van der Waals surface area contributed by atoms with E-state index in [4.69, 9.17) is 26.9 Å². The van der Waals surface area contributed by atoms with Crippen LogP contribution in [0.2, 0.25) is 0 Å². The standard InChI is InChI=1S/C37H37F2N7O/c1-3-26-29(38)8-5-22-13-24(40)14-27(30(22)26)32-31(39)33-28(16-41-32)34(45-18-25-9-11-37(19-45,44-25)23-6-7-23)43-35(42-33)47-20-36-10-4-12-46(36)17-21(2)15-36/h1,5,8,13-14,16,23,25,44H,2,4,6-7,9-12,15,17-20,40H2/t25-,36-,37+/m0/s1. The number of fused-ring (bicyclic) bond motifs is 5. The van der Waals surface area contributed by atoms with Crippen molar-refractivity contribution in [3.63, 3.8) is 0 Å². The van der Waals surface area contributed by atoms with Gasteiger partial charge in [-0.15, -0.1) is 6.42 Å². The van der Waals surface area contributed by atoms with Crippen molar-refractivity contribution in [2.24, 2.45) is 5.92 Å². The van der Waals surface area contributed by atoms with E-state index in [1.165, 1.54) is 24.5 Å². The molecule has 3 atom stereocenters. The number of pyridine rings is 1. The molecule has 5 fully saturated rings. The molecule has 4 aliphatic heterocycles. The van der Waals surface area contributed by atoms with Crippen LogP contribution in [0.5, 0.6) is 6.01 Å². The van der Waals surface area contributed by atoms with E-state index >= 15 is 4.39 Å². The van der Waals surface area contributed by atoms with E-state index in [2.05, 4.69) is 32.6 Å². The Labute approximate surface area is 272 Å². The van der Waals surface area contributed by atoms with Gasteiger partial charge in [0.1, 0.15) is 29.5 Å². The van der Waals surface area contributed by atoms with Gasteiger partial charge >= 0.3 is 6.01 Å². The van der Waals surface area contributed by atoms with Crippen LogP contribution in [-0.4, -0.2) is 69.8 Å². The van der Waals surface area contributed by atoms with Crippen LogP contribution in [0.4, 0.5) is 20.3 Å². The summed E-state index contributed by atoms with van der Waals surface area (Å²) < 4.78 is 38.4. The Morgan fingerprint density at radius 1 is 1.17 bits per heavy atom. The summed E-state index contributed by atoms with van der Waals surface area (Å²) in [6.07, 6.45) is 15.0. The zero-order chi connectivity index (χ0) is 32.1. The summed E-state index contributed by atoms with van der Waals surface area (Å²) in [5, 5.41) is 5.41. The maximum Gasteiger partial charge on any atom is 0.319 e. The van der Waals surface area contributed by atoms with Gasteiger partial charge in [-0.25, -0.2) is 8.78 Å². The van der Waals surface area contributed by atoms with Crippen LogP contribution in [-0.2, 0) is 0 Å². The van der Waals surface area contributed by atoms with Crippen molar-refractivity contribution < 1.29 is 13.5 Å². The molecule has 4 saturated heterocycles. The lowest BCUT2D eigenvalue weighted by Gasteiger charge is -2.42. The monoisotopic (exact) mass is 633 g/mol. The number of terminal acetylenes is 1. The summed E-state index contributed by atoms with van der Waals surface area (Å²) in [6, 6.07) is 6.65. The third-order valence-corrected chi connectivity index (χ3v) is 11.3. The van der Waals surface area contributed by atoms with Crippen LogP contribution in [0.15, 0.2) is 42.6 Å². The molecule has 47 heavy (non-hydrogen) atoms. The van der Waals surface area contributed by atoms with Crippen molar-refractivity contribution in [2.75, 3.05) is 43.4 Å². The van der Waals surface area contributed by atoms with Crippen LogP contribution < -0.4 is 20.7 Å². The number of nitrogens with two attached hydrogens (primary N) is 1. The minimum atomic E-state index is -0.653. The van der Waals surface area contributed by atoms with Crippen LogP contribution in [0.1, 0.15) is 50.5 Å². The summed E-state index contributed by atoms with van der Waals surface area (Å²) in [5.41, 5.74) is 8.19. The molecule has 1 saturated carbocycles. The van der Waals surface area contributed by atoms with E-state index in [0.717, 1.165) is 58.3 Å². The third-order valence-electron chi connectivity index (χ3n) is 11.3. The smallest absolute Gasteiger partial charge is 0.319 e. The molecule has 8 nitrogen and oxygen atoms in total. The zero-order valence-corrected chi connectivity index (χ0v) is 26.3. The Morgan fingerprint density at radius 3 is 2.87 bits per heavy atom. The van der Waals surface area contributed by atoms with E-state index in [-0.39, 0.29) is 33.9 Å². The second kappa shape index (κ2) is 10.3. The fraction of sp³-hybridized carbons (Fsp3) is 0.432. The Kier molecular flexibility index (Phi) is 6.34. The number of anilines is 2. The number of nitrogens with zero attached hydrogens (tertiary/aromatic N) is 5. The van der Waals surface area contributed by atoms with Crippen molar-refractivity contribution in [3.05, 3.63) is 59.8 Å². The van der Waals surface area contributed by atoms with Gasteiger partial charge in [0.2, 0.25) is 0 Å². The fourth-order valence-electron chi connectivity index (χ4n) is 9.12. The van der Waals surface area contributed by atoms with Gasteiger partial charge in [0.05, 0.1) is 16.5 Å². The average molecular weight is 634 g/mol. The summed E-state index contributed by atoms with van der Waals surface area (Å²) in [7, 11) is 0. The highest BCUT2D eigenvalue weighted by Gasteiger charge is 2.53. The van der Waals surface area contributed by atoms with Gasteiger partial charge in [0.15, 0.2) is 5.82 Å². The molecule has 240 valence electrons. The maximum atomic E-state index is 17.0. The highest BCUT2D eigenvalue weighted by atomic mass is 19.1. The zero-order valence-electron chi connectivity index (χ0n) is 26.3. The molecule has 2 aromatic carbocycles. The highest BCUT2D eigenvalue weighted by molar-refractivity contribution is 6.03. The number of hydrogen-bond donors (Lipinski definition) is 2. The van der Waals surface area contributed by atoms with E-state index in [9.17, 15) is 4.39 Å². The van der Waals surface area contributed by atoms with Crippen molar-refractivity contribution >= 4 is 33.2 Å². The SMILES string of the molecule is C#Cc1c(F)ccc2cc(N)cc(-c3ncc4c(N5C[C@@H]6CC[C@](C7CC7)(C5)N6)nc(OC[C@@]56CCCN5CC(=C)C6)nc4c3F)c12. The van der Waals surface area contributed by atoms with E-state index in [1.807, 2.05) is 0 Å². The fourth-order valence-corrected chi connectivity index (χ4v) is 9.12. The minimum absolute atomic E-state index is 0.00464. The van der Waals surface area contributed by atoms with Crippen LogP contribution >= 0.6 is 0 Å². The summed E-state index contributed by atoms with van der Waals surface area (Å²) in [4.78, 5) is 19.1. The van der Waals surface area contributed by atoms with Gasteiger partial charge < -0.3 is 20.7 Å². The largest absolute Gasteiger partial charge is 0.461 e. The van der Waals surface area contributed by atoms with Crippen molar-refractivity contribution in [2.45, 2.75) is 62.1 Å². The number of nitrogen functional groups attached to an aromatic ring is 1. The van der Waals surface area contributed by atoms with Gasteiger partial charge in [-0.3, -0.25) is 9.88 Å². The highest BCUT2D eigenvalue weighted by Crippen LogP contribution is 2.49. The maximum absolute atomic E-state index is 17.0. The van der Waals surface area contributed by atoms with Gasteiger partial charge in [0.25, 0.3) is 0 Å². The van der Waals surface area contributed by atoms with E-state index in [0.29, 0.717) is 51.8 Å². The number of halogens is 2. The first-order valence-corrected chi connectivity index (χ1v) is 16.7. The molecule has 0 radical (unpaired) electrons. The Balaban J connectivity index is 1.20. The van der Waals surface area contributed by atoms with Crippen molar-refractivity contribution in [1.82, 2.24) is 25.2 Å². The van der Waals surface area contributed by atoms with Crippen LogP contribution in [0, 0.1) is 29.9 Å². The Morgan fingerprint density at radius 2 is 2.04 bits per heavy atom. The minimum Gasteiger partial charge on any atom is -0.461 e. The number of aromatic nitrogens is 3. The third kappa shape index (κ3) is 4.50. The summed E-state index contributed by atoms with van der Waals surface area (Å²) in [6.45, 7) is 8.07. The van der Waals surface area contributed by atoms with Crippen LogP contribution in [0.3, 0.4) is 0 Å². The number of piperazine rings is 1. The van der Waals surface area contributed by atoms with Gasteiger partial charge in [0, 0.05) is 54.0 Å². The van der Waals surface area contributed by atoms with Crippen molar-refractivity contribution in [3.8, 4) is 29.6 Å². The van der Waals surface area contributed by atoms with Crippen molar-refractivity contribution in [1.29, 1.82) is 0 Å². The molecule has 2 aromatic heterocycles. The summed E-state index contributed by atoms with van der Waals surface area (Å²) >= 11 is 0. The first-order valence-electron chi connectivity index (χ1n) is 16.7. The van der Waals surface area contributed by atoms with E-state index < -0.39 is 11.6 Å². The summed E-state index contributed by atoms with van der Waals surface area (Å²) in [5.74, 6) is 2.50. The molecule has 5 aliphatic rings. The quantitative estimate of drug-likeness (QED) is 0.162. The molecule has 6 heterocycles. The number of hydrogen-bond acceptors (Lipinski definition) is 8. The van der Waals surface area contributed by atoms with Gasteiger partial charge in [-0.2, -0.15) is 9.97 Å². The number of ether oxygens (including phenoxy) is 1. The van der Waals surface area contributed by atoms with Crippen LogP contribution in [0.25, 0.3) is 32.9 Å². The second-order valence-electron chi connectivity index (χ2n) is 14.4. The number of nitrogens with one attached hydrogen (secondary N) is 1. The second-order valence-corrected chi connectivity index (χ2v) is 14.4. The molecule has 0 amide bonds. The molecule has 4 aromatic rings. The molecular formula is C37H37F2N7O. The predicted octanol–water partition coefficient (Wildman–Crippen LogP) is 5.58. The van der Waals surface area contributed by atoms with Gasteiger partial charge in [-0.05, 0) is 81.0 Å². The molecule has 9 rings (SSSR count). The molecule has 1 aliphatic carbocycles. The molecular weight excluding hydrogens is 596 g/mol. The van der Waals surface area contributed by atoms with E-state index in [1.54, 1.807) is 24.4 Å². The number of benzene rings is 2. The molecule has 10 heteroatoms. The predicted molar refractivity (Wildman–Crippen MR) is 179 cm³/mol. The lowest BCUT2D eigenvalue weighted by atomic mass is 9.90. The molecule has 2 bridgehead atoms.